The van der Waals surface area contributed by atoms with Crippen LogP contribution in [0, 0.1) is 0 Å². The highest BCUT2D eigenvalue weighted by molar-refractivity contribution is 8.00. The Bertz CT molecular complexity index is 439. The van der Waals surface area contributed by atoms with Gasteiger partial charge in [-0.2, -0.15) is 0 Å². The number of benzene rings is 1. The zero-order valence-corrected chi connectivity index (χ0v) is 11.4. The number of carboxylic acid groups (broad SMARTS) is 1. The summed E-state index contributed by atoms with van der Waals surface area (Å²) in [6, 6.07) is 7.10. The molecule has 0 aliphatic carbocycles. The van der Waals surface area contributed by atoms with E-state index in [1.807, 2.05) is 19.1 Å². The molecule has 98 valence electrons. The standard InChI is InChI=1S/C12H14ClNO3S/c1-8(9-3-2-4-10(13)5-9)14-11(15)6-18-7-12(16)17/h2-5,8H,6-7H2,1H3,(H,14,15)(H,16,17)/t8-/m0/s1. The first-order valence-electron chi connectivity index (χ1n) is 5.33. The summed E-state index contributed by atoms with van der Waals surface area (Å²) >= 11 is 6.93. The van der Waals surface area contributed by atoms with E-state index >= 15 is 0 Å². The summed E-state index contributed by atoms with van der Waals surface area (Å²) < 4.78 is 0. The minimum atomic E-state index is -0.921. The smallest absolute Gasteiger partial charge is 0.313 e. The lowest BCUT2D eigenvalue weighted by molar-refractivity contribution is -0.133. The molecule has 0 saturated heterocycles. The molecule has 0 unspecified atom stereocenters. The van der Waals surface area contributed by atoms with E-state index in [-0.39, 0.29) is 23.5 Å². The maximum Gasteiger partial charge on any atom is 0.313 e. The lowest BCUT2D eigenvalue weighted by Crippen LogP contribution is -2.28. The molecule has 18 heavy (non-hydrogen) atoms. The SMILES string of the molecule is C[C@H](NC(=O)CSCC(=O)O)c1cccc(Cl)c1. The summed E-state index contributed by atoms with van der Waals surface area (Å²) in [4.78, 5) is 21.8. The fraction of sp³-hybridized carbons (Fsp3) is 0.333. The predicted molar refractivity (Wildman–Crippen MR) is 73.0 cm³/mol. The Hall–Kier alpha value is -1.20. The van der Waals surface area contributed by atoms with E-state index in [2.05, 4.69) is 5.32 Å². The van der Waals surface area contributed by atoms with Gasteiger partial charge in [-0.3, -0.25) is 9.59 Å². The van der Waals surface area contributed by atoms with Gasteiger partial charge in [0.15, 0.2) is 0 Å². The third-order valence-electron chi connectivity index (χ3n) is 2.18. The van der Waals surface area contributed by atoms with Gasteiger partial charge in [0.25, 0.3) is 0 Å². The van der Waals surface area contributed by atoms with Gasteiger partial charge in [0.2, 0.25) is 5.91 Å². The monoisotopic (exact) mass is 287 g/mol. The Balaban J connectivity index is 2.42. The van der Waals surface area contributed by atoms with Crippen molar-refractivity contribution >= 4 is 35.2 Å². The van der Waals surface area contributed by atoms with Gasteiger partial charge in [0, 0.05) is 5.02 Å². The number of amides is 1. The fourth-order valence-corrected chi connectivity index (χ4v) is 2.12. The second kappa shape index (κ2) is 7.28. The van der Waals surface area contributed by atoms with Crippen LogP contribution in [0.2, 0.25) is 5.02 Å². The fourth-order valence-electron chi connectivity index (χ4n) is 1.37. The topological polar surface area (TPSA) is 66.4 Å². The molecular formula is C12H14ClNO3S. The Kier molecular flexibility index (Phi) is 6.01. The molecule has 0 aromatic heterocycles. The molecule has 1 aromatic carbocycles. The molecule has 1 aromatic rings. The number of hydrogen-bond donors (Lipinski definition) is 2. The summed E-state index contributed by atoms with van der Waals surface area (Å²) in [7, 11) is 0. The number of aliphatic carboxylic acids is 1. The van der Waals surface area contributed by atoms with Crippen molar-refractivity contribution in [3.63, 3.8) is 0 Å². The van der Waals surface area contributed by atoms with Crippen LogP contribution in [0.5, 0.6) is 0 Å². The third kappa shape index (κ3) is 5.42. The summed E-state index contributed by atoms with van der Waals surface area (Å²) in [5.41, 5.74) is 0.916. The molecule has 0 radical (unpaired) electrons. The van der Waals surface area contributed by atoms with Crippen molar-refractivity contribution in [1.29, 1.82) is 0 Å². The number of rotatable bonds is 6. The van der Waals surface area contributed by atoms with Gasteiger partial charge in [-0.1, -0.05) is 23.7 Å². The van der Waals surface area contributed by atoms with E-state index in [9.17, 15) is 9.59 Å². The maximum absolute atomic E-state index is 11.5. The molecule has 2 N–H and O–H groups in total. The van der Waals surface area contributed by atoms with E-state index in [1.54, 1.807) is 12.1 Å². The van der Waals surface area contributed by atoms with Gasteiger partial charge >= 0.3 is 5.97 Å². The molecule has 0 bridgehead atoms. The van der Waals surface area contributed by atoms with Crippen LogP contribution in [-0.4, -0.2) is 28.5 Å². The normalized spacial score (nSPS) is 11.9. The maximum atomic E-state index is 11.5. The zero-order chi connectivity index (χ0) is 13.5. The van der Waals surface area contributed by atoms with Crippen LogP contribution in [0.25, 0.3) is 0 Å². The molecule has 0 saturated carbocycles. The minimum Gasteiger partial charge on any atom is -0.481 e. The van der Waals surface area contributed by atoms with Gasteiger partial charge in [-0.15, -0.1) is 11.8 Å². The predicted octanol–water partition coefficient (Wildman–Crippen LogP) is 2.33. The Morgan fingerprint density at radius 2 is 2.17 bits per heavy atom. The van der Waals surface area contributed by atoms with Crippen molar-refractivity contribution in [1.82, 2.24) is 5.32 Å². The second-order valence-corrected chi connectivity index (χ2v) is 5.15. The molecule has 1 amide bonds. The molecular weight excluding hydrogens is 274 g/mol. The zero-order valence-electron chi connectivity index (χ0n) is 9.85. The van der Waals surface area contributed by atoms with E-state index < -0.39 is 5.97 Å². The van der Waals surface area contributed by atoms with Gasteiger partial charge < -0.3 is 10.4 Å². The first-order valence-corrected chi connectivity index (χ1v) is 6.86. The average Bonchev–Trinajstić information content (AvgIpc) is 2.28. The lowest BCUT2D eigenvalue weighted by Gasteiger charge is -2.14. The van der Waals surface area contributed by atoms with Crippen LogP contribution in [0.3, 0.4) is 0 Å². The van der Waals surface area contributed by atoms with E-state index in [4.69, 9.17) is 16.7 Å². The summed E-state index contributed by atoms with van der Waals surface area (Å²) in [6.45, 7) is 1.85. The third-order valence-corrected chi connectivity index (χ3v) is 3.34. The van der Waals surface area contributed by atoms with Crippen molar-refractivity contribution in [3.05, 3.63) is 34.9 Å². The summed E-state index contributed by atoms with van der Waals surface area (Å²) in [5.74, 6) is -1.04. The molecule has 0 spiro atoms. The van der Waals surface area contributed by atoms with Gasteiger partial charge in [0.05, 0.1) is 17.5 Å². The first kappa shape index (κ1) is 14.9. The van der Waals surface area contributed by atoms with Gasteiger partial charge in [-0.05, 0) is 24.6 Å². The molecule has 0 aliphatic rings. The highest BCUT2D eigenvalue weighted by atomic mass is 35.5. The molecule has 0 aliphatic heterocycles. The van der Waals surface area contributed by atoms with Crippen molar-refractivity contribution < 1.29 is 14.7 Å². The van der Waals surface area contributed by atoms with Crippen LogP contribution in [0.15, 0.2) is 24.3 Å². The van der Waals surface area contributed by atoms with Crippen molar-refractivity contribution in [3.8, 4) is 0 Å². The molecule has 1 rings (SSSR count). The van der Waals surface area contributed by atoms with Crippen molar-refractivity contribution in [2.24, 2.45) is 0 Å². The number of nitrogens with one attached hydrogen (secondary N) is 1. The van der Waals surface area contributed by atoms with E-state index in [1.165, 1.54) is 0 Å². The van der Waals surface area contributed by atoms with E-state index in [0.29, 0.717) is 5.02 Å². The summed E-state index contributed by atoms with van der Waals surface area (Å²) in [6.07, 6.45) is 0. The molecule has 1 atom stereocenters. The number of thioether (sulfide) groups is 1. The van der Waals surface area contributed by atoms with Crippen LogP contribution in [0.1, 0.15) is 18.5 Å². The number of carboxylic acids is 1. The quantitative estimate of drug-likeness (QED) is 0.843. The van der Waals surface area contributed by atoms with Gasteiger partial charge in [-0.25, -0.2) is 0 Å². The molecule has 0 fully saturated rings. The lowest BCUT2D eigenvalue weighted by atomic mass is 10.1. The largest absolute Gasteiger partial charge is 0.481 e. The molecule has 6 heteroatoms. The number of hydrogen-bond acceptors (Lipinski definition) is 3. The van der Waals surface area contributed by atoms with Crippen LogP contribution >= 0.6 is 23.4 Å². The number of carbonyl (C=O) groups is 2. The van der Waals surface area contributed by atoms with Gasteiger partial charge in [0.1, 0.15) is 0 Å². The second-order valence-electron chi connectivity index (χ2n) is 3.73. The Labute approximate surface area is 115 Å². The van der Waals surface area contributed by atoms with E-state index in [0.717, 1.165) is 17.3 Å². The van der Waals surface area contributed by atoms with Crippen LogP contribution < -0.4 is 5.32 Å². The Morgan fingerprint density at radius 1 is 1.44 bits per heavy atom. The minimum absolute atomic E-state index is 0.0705. The average molecular weight is 288 g/mol. The van der Waals surface area contributed by atoms with Crippen LogP contribution in [-0.2, 0) is 9.59 Å². The first-order chi connectivity index (χ1) is 8.49. The highest BCUT2D eigenvalue weighted by Gasteiger charge is 2.10. The number of carbonyl (C=O) groups excluding carboxylic acids is 1. The summed E-state index contributed by atoms with van der Waals surface area (Å²) in [5, 5.41) is 11.9. The number of halogens is 1. The Morgan fingerprint density at radius 3 is 2.78 bits per heavy atom. The molecule has 4 nitrogen and oxygen atoms in total. The van der Waals surface area contributed by atoms with Crippen molar-refractivity contribution in [2.45, 2.75) is 13.0 Å². The van der Waals surface area contributed by atoms with Crippen LogP contribution in [0.4, 0.5) is 0 Å². The van der Waals surface area contributed by atoms with Crippen molar-refractivity contribution in [2.75, 3.05) is 11.5 Å². The molecule has 0 heterocycles. The highest BCUT2D eigenvalue weighted by Crippen LogP contribution is 2.17.